The normalized spacial score (nSPS) is 10.5. The van der Waals surface area contributed by atoms with E-state index in [-0.39, 0.29) is 28.6 Å². The smallest absolute Gasteiger partial charge is 0.167 e. The number of benzene rings is 2. The molecule has 0 radical (unpaired) electrons. The van der Waals surface area contributed by atoms with Crippen LogP contribution in [0.5, 0.6) is 5.75 Å². The van der Waals surface area contributed by atoms with E-state index in [1.165, 1.54) is 18.2 Å². The van der Waals surface area contributed by atoms with Gasteiger partial charge < -0.3 is 10.5 Å². The van der Waals surface area contributed by atoms with Gasteiger partial charge in [0.2, 0.25) is 0 Å². The number of ether oxygens (including phenoxy) is 1. The largest absolute Gasteiger partial charge is 0.486 e. The van der Waals surface area contributed by atoms with E-state index in [0.29, 0.717) is 0 Å². The van der Waals surface area contributed by atoms with Gasteiger partial charge >= 0.3 is 0 Å². The third kappa shape index (κ3) is 2.93. The Morgan fingerprint density at radius 3 is 2.47 bits per heavy atom. The molecule has 0 aliphatic heterocycles. The quantitative estimate of drug-likeness (QED) is 0.869. The van der Waals surface area contributed by atoms with Crippen molar-refractivity contribution in [2.45, 2.75) is 6.61 Å². The molecule has 0 fully saturated rings. The standard InChI is InChI=1S/C13H9ClF3NO/c14-8-2-1-3-9(15)7(8)6-19-13-5-10(16)12(18)4-11(13)17/h1-5H,6,18H2. The van der Waals surface area contributed by atoms with E-state index < -0.39 is 17.5 Å². The second-order valence-corrected chi connectivity index (χ2v) is 4.20. The summed E-state index contributed by atoms with van der Waals surface area (Å²) in [6, 6.07) is 5.71. The summed E-state index contributed by atoms with van der Waals surface area (Å²) in [4.78, 5) is 0. The number of rotatable bonds is 3. The first-order valence-corrected chi connectivity index (χ1v) is 5.67. The van der Waals surface area contributed by atoms with E-state index in [9.17, 15) is 13.2 Å². The lowest BCUT2D eigenvalue weighted by atomic mass is 10.2. The van der Waals surface area contributed by atoms with Crippen molar-refractivity contribution in [3.8, 4) is 5.75 Å². The van der Waals surface area contributed by atoms with Gasteiger partial charge in [0, 0.05) is 17.7 Å². The summed E-state index contributed by atoms with van der Waals surface area (Å²) in [5.41, 5.74) is 4.94. The number of hydrogen-bond donors (Lipinski definition) is 1. The van der Waals surface area contributed by atoms with Crippen LogP contribution >= 0.6 is 11.6 Å². The van der Waals surface area contributed by atoms with Crippen LogP contribution in [0.2, 0.25) is 5.02 Å². The molecule has 0 bridgehead atoms. The van der Waals surface area contributed by atoms with Crippen LogP contribution in [0.4, 0.5) is 18.9 Å². The van der Waals surface area contributed by atoms with Crippen LogP contribution in [0.25, 0.3) is 0 Å². The molecule has 19 heavy (non-hydrogen) atoms. The van der Waals surface area contributed by atoms with Crippen molar-refractivity contribution < 1.29 is 17.9 Å². The molecular formula is C13H9ClF3NO. The predicted molar refractivity (Wildman–Crippen MR) is 66.5 cm³/mol. The Hall–Kier alpha value is -1.88. The van der Waals surface area contributed by atoms with Gasteiger partial charge in [-0.15, -0.1) is 0 Å². The maximum atomic E-state index is 13.4. The van der Waals surface area contributed by atoms with Gasteiger partial charge in [-0.05, 0) is 12.1 Å². The summed E-state index contributed by atoms with van der Waals surface area (Å²) in [7, 11) is 0. The van der Waals surface area contributed by atoms with E-state index >= 15 is 0 Å². The molecule has 0 heterocycles. The molecule has 2 N–H and O–H groups in total. The van der Waals surface area contributed by atoms with E-state index in [2.05, 4.69) is 0 Å². The van der Waals surface area contributed by atoms with Gasteiger partial charge in [0.05, 0.1) is 10.7 Å². The molecule has 100 valence electrons. The van der Waals surface area contributed by atoms with Gasteiger partial charge in [0.25, 0.3) is 0 Å². The highest BCUT2D eigenvalue weighted by Gasteiger charge is 2.12. The highest BCUT2D eigenvalue weighted by Crippen LogP contribution is 2.26. The third-order valence-corrected chi connectivity index (χ3v) is 2.84. The molecule has 0 saturated heterocycles. The number of nitrogen functional groups attached to an aromatic ring is 1. The van der Waals surface area contributed by atoms with Crippen molar-refractivity contribution >= 4 is 17.3 Å². The molecular weight excluding hydrogens is 279 g/mol. The van der Waals surface area contributed by atoms with Gasteiger partial charge in [0.15, 0.2) is 11.6 Å². The minimum Gasteiger partial charge on any atom is -0.486 e. The average molecular weight is 288 g/mol. The molecule has 0 atom stereocenters. The zero-order valence-electron chi connectivity index (χ0n) is 9.59. The lowest BCUT2D eigenvalue weighted by Crippen LogP contribution is -2.02. The van der Waals surface area contributed by atoms with Crippen LogP contribution in [0.3, 0.4) is 0 Å². The summed E-state index contributed by atoms with van der Waals surface area (Å²) in [5, 5.41) is 0.149. The van der Waals surface area contributed by atoms with Crippen LogP contribution < -0.4 is 10.5 Å². The van der Waals surface area contributed by atoms with Gasteiger partial charge in [-0.2, -0.15) is 0 Å². The van der Waals surface area contributed by atoms with E-state index in [4.69, 9.17) is 22.1 Å². The lowest BCUT2D eigenvalue weighted by Gasteiger charge is -2.10. The molecule has 2 aromatic rings. The molecule has 2 rings (SSSR count). The molecule has 6 heteroatoms. The van der Waals surface area contributed by atoms with Gasteiger partial charge in [-0.25, -0.2) is 13.2 Å². The monoisotopic (exact) mass is 287 g/mol. The Labute approximate surface area is 112 Å². The van der Waals surface area contributed by atoms with Crippen molar-refractivity contribution in [1.82, 2.24) is 0 Å². The Balaban J connectivity index is 2.22. The number of hydrogen-bond acceptors (Lipinski definition) is 2. The molecule has 2 aromatic carbocycles. The van der Waals surface area contributed by atoms with Gasteiger partial charge in [-0.3, -0.25) is 0 Å². The fourth-order valence-electron chi connectivity index (χ4n) is 1.47. The lowest BCUT2D eigenvalue weighted by molar-refractivity contribution is 0.283. The van der Waals surface area contributed by atoms with Crippen LogP contribution in [-0.4, -0.2) is 0 Å². The average Bonchev–Trinajstić information content (AvgIpc) is 2.34. The molecule has 2 nitrogen and oxygen atoms in total. The Bertz CT molecular complexity index is 599. The van der Waals surface area contributed by atoms with Crippen molar-refractivity contribution in [1.29, 1.82) is 0 Å². The number of anilines is 1. The first-order valence-electron chi connectivity index (χ1n) is 5.29. The van der Waals surface area contributed by atoms with Crippen LogP contribution in [0.1, 0.15) is 5.56 Å². The minimum absolute atomic E-state index is 0.0702. The first-order chi connectivity index (χ1) is 8.99. The zero-order valence-corrected chi connectivity index (χ0v) is 10.3. The van der Waals surface area contributed by atoms with Crippen molar-refractivity contribution in [2.75, 3.05) is 5.73 Å². The summed E-state index contributed by atoms with van der Waals surface area (Å²) in [6.07, 6.45) is 0. The van der Waals surface area contributed by atoms with Crippen molar-refractivity contribution in [3.05, 3.63) is 58.4 Å². The van der Waals surface area contributed by atoms with Crippen LogP contribution in [0.15, 0.2) is 30.3 Å². The second kappa shape index (κ2) is 5.40. The van der Waals surface area contributed by atoms with E-state index in [1.807, 2.05) is 0 Å². The summed E-state index contributed by atoms with van der Waals surface area (Å²) in [6.45, 7) is -0.314. The fourth-order valence-corrected chi connectivity index (χ4v) is 1.69. The number of nitrogens with two attached hydrogens (primary N) is 1. The Morgan fingerprint density at radius 2 is 1.79 bits per heavy atom. The molecule has 0 unspecified atom stereocenters. The minimum atomic E-state index is -0.827. The maximum absolute atomic E-state index is 13.4. The third-order valence-electron chi connectivity index (χ3n) is 2.48. The molecule has 0 aromatic heterocycles. The highest BCUT2D eigenvalue weighted by atomic mass is 35.5. The molecule has 0 aliphatic rings. The zero-order chi connectivity index (χ0) is 14.0. The fraction of sp³-hybridized carbons (Fsp3) is 0.0769. The highest BCUT2D eigenvalue weighted by molar-refractivity contribution is 6.31. The van der Waals surface area contributed by atoms with Gasteiger partial charge in [-0.1, -0.05) is 17.7 Å². The molecule has 0 aliphatic carbocycles. The number of halogens is 4. The van der Waals surface area contributed by atoms with Crippen molar-refractivity contribution in [3.63, 3.8) is 0 Å². The Morgan fingerprint density at radius 1 is 1.05 bits per heavy atom. The predicted octanol–water partition coefficient (Wildman–Crippen LogP) is 3.92. The van der Waals surface area contributed by atoms with E-state index in [1.54, 1.807) is 0 Å². The van der Waals surface area contributed by atoms with Crippen LogP contribution in [0, 0.1) is 17.5 Å². The van der Waals surface area contributed by atoms with Gasteiger partial charge in [0.1, 0.15) is 18.2 Å². The molecule has 0 saturated carbocycles. The van der Waals surface area contributed by atoms with E-state index in [0.717, 1.165) is 12.1 Å². The SMILES string of the molecule is Nc1cc(F)c(OCc2c(F)cccc2Cl)cc1F. The van der Waals surface area contributed by atoms with Crippen molar-refractivity contribution in [2.24, 2.45) is 0 Å². The summed E-state index contributed by atoms with van der Waals surface area (Å²) in [5.74, 6) is -2.57. The first kappa shape index (κ1) is 13.5. The summed E-state index contributed by atoms with van der Waals surface area (Å²) < 4.78 is 45.1. The molecule has 0 spiro atoms. The maximum Gasteiger partial charge on any atom is 0.167 e. The van der Waals surface area contributed by atoms with Crippen LogP contribution in [-0.2, 0) is 6.61 Å². The Kier molecular flexibility index (Phi) is 3.85. The second-order valence-electron chi connectivity index (χ2n) is 3.79. The molecule has 0 amide bonds. The topological polar surface area (TPSA) is 35.2 Å². The summed E-state index contributed by atoms with van der Waals surface area (Å²) >= 11 is 5.78.